The molecule has 2 N–H and O–H groups in total. The monoisotopic (exact) mass is 325 g/mol. The van der Waals surface area contributed by atoms with Gasteiger partial charge in [0, 0.05) is 49.9 Å². The second-order valence-corrected chi connectivity index (χ2v) is 6.05. The highest BCUT2D eigenvalue weighted by atomic mass is 16.2. The number of hydrogen-bond donors (Lipinski definition) is 2. The molecule has 0 aliphatic carbocycles. The zero-order valence-electron chi connectivity index (χ0n) is 13.2. The molecular formula is C17H19N5O2. The Kier molecular flexibility index (Phi) is 3.60. The third-order valence-corrected chi connectivity index (χ3v) is 4.52. The predicted molar refractivity (Wildman–Crippen MR) is 90.3 cm³/mol. The second-order valence-electron chi connectivity index (χ2n) is 6.05. The lowest BCUT2D eigenvalue weighted by molar-refractivity contribution is 0.136. The summed E-state index contributed by atoms with van der Waals surface area (Å²) in [6.07, 6.45) is 3.93. The molecule has 1 aromatic heterocycles. The van der Waals surface area contributed by atoms with Gasteiger partial charge in [-0.05, 0) is 30.3 Å². The Bertz CT molecular complexity index is 758. The van der Waals surface area contributed by atoms with E-state index in [0.29, 0.717) is 26.2 Å². The molecule has 0 saturated carbocycles. The summed E-state index contributed by atoms with van der Waals surface area (Å²) in [6, 6.07) is 11.6. The highest BCUT2D eigenvalue weighted by molar-refractivity contribution is 5.90. The second kappa shape index (κ2) is 5.92. The van der Waals surface area contributed by atoms with Crippen LogP contribution < -0.4 is 10.6 Å². The van der Waals surface area contributed by atoms with Gasteiger partial charge in [-0.3, -0.25) is 0 Å². The number of hydrogen-bond acceptors (Lipinski definition) is 2. The predicted octanol–water partition coefficient (Wildman–Crippen LogP) is 1.72. The fourth-order valence-corrected chi connectivity index (χ4v) is 3.24. The van der Waals surface area contributed by atoms with Gasteiger partial charge in [0.25, 0.3) is 0 Å². The smallest absolute Gasteiger partial charge is 0.321 e. The van der Waals surface area contributed by atoms with Crippen molar-refractivity contribution in [2.45, 2.75) is 6.04 Å². The summed E-state index contributed by atoms with van der Waals surface area (Å²) in [5.41, 5.74) is 1.75. The number of amides is 4. The molecule has 7 heteroatoms. The summed E-state index contributed by atoms with van der Waals surface area (Å²) in [7, 11) is 0. The Morgan fingerprint density at radius 1 is 1.17 bits per heavy atom. The minimum atomic E-state index is -0.126. The number of aromatic nitrogens is 1. The largest absolute Gasteiger partial charge is 0.336 e. The molecule has 4 rings (SSSR count). The van der Waals surface area contributed by atoms with Crippen molar-refractivity contribution in [1.82, 2.24) is 19.7 Å². The van der Waals surface area contributed by atoms with Crippen LogP contribution in [-0.2, 0) is 0 Å². The fraction of sp³-hybridized carbons (Fsp3) is 0.294. The highest BCUT2D eigenvalue weighted by Gasteiger charge is 2.36. The van der Waals surface area contributed by atoms with Crippen molar-refractivity contribution in [2.24, 2.45) is 0 Å². The highest BCUT2D eigenvalue weighted by Crippen LogP contribution is 2.18. The van der Waals surface area contributed by atoms with Gasteiger partial charge < -0.3 is 25.0 Å². The maximum Gasteiger partial charge on any atom is 0.321 e. The molecule has 0 spiro atoms. The lowest BCUT2D eigenvalue weighted by Gasteiger charge is -2.36. The summed E-state index contributed by atoms with van der Waals surface area (Å²) in [6.45, 7) is 2.29. The molecule has 1 atom stereocenters. The number of rotatable bonds is 2. The molecule has 3 heterocycles. The van der Waals surface area contributed by atoms with E-state index in [1.54, 1.807) is 9.80 Å². The minimum absolute atomic E-state index is 0.0283. The van der Waals surface area contributed by atoms with Crippen LogP contribution in [0.4, 0.5) is 15.3 Å². The average Bonchev–Trinajstić information content (AvgIpc) is 3.25. The molecule has 2 aromatic rings. The minimum Gasteiger partial charge on any atom is -0.336 e. The Hall–Kier alpha value is -2.96. The van der Waals surface area contributed by atoms with Crippen LogP contribution in [0.15, 0.2) is 48.8 Å². The molecule has 0 bridgehead atoms. The summed E-state index contributed by atoms with van der Waals surface area (Å²) in [4.78, 5) is 27.7. The number of benzene rings is 1. The van der Waals surface area contributed by atoms with Crippen LogP contribution in [0.3, 0.4) is 0 Å². The maximum atomic E-state index is 12.5. The van der Waals surface area contributed by atoms with E-state index in [1.165, 1.54) is 0 Å². The van der Waals surface area contributed by atoms with E-state index < -0.39 is 0 Å². The van der Waals surface area contributed by atoms with Crippen LogP contribution in [0.2, 0.25) is 0 Å². The Morgan fingerprint density at radius 2 is 2.00 bits per heavy atom. The number of nitrogens with one attached hydrogen (secondary N) is 2. The molecule has 4 amide bonds. The summed E-state index contributed by atoms with van der Waals surface area (Å²) >= 11 is 0. The van der Waals surface area contributed by atoms with Gasteiger partial charge in [-0.1, -0.05) is 6.07 Å². The molecule has 2 fully saturated rings. The first-order valence-corrected chi connectivity index (χ1v) is 8.04. The van der Waals surface area contributed by atoms with Gasteiger partial charge in [0.2, 0.25) is 0 Å². The van der Waals surface area contributed by atoms with E-state index in [-0.39, 0.29) is 18.1 Å². The van der Waals surface area contributed by atoms with Crippen LogP contribution in [0.5, 0.6) is 0 Å². The van der Waals surface area contributed by atoms with E-state index in [4.69, 9.17) is 0 Å². The molecular weight excluding hydrogens is 306 g/mol. The van der Waals surface area contributed by atoms with Crippen LogP contribution in [0.25, 0.3) is 5.69 Å². The Labute approximate surface area is 139 Å². The number of carbonyl (C=O) groups is 2. The molecule has 2 aliphatic heterocycles. The topological polar surface area (TPSA) is 69.6 Å². The van der Waals surface area contributed by atoms with Crippen LogP contribution >= 0.6 is 0 Å². The molecule has 7 nitrogen and oxygen atoms in total. The molecule has 0 radical (unpaired) electrons. The number of urea groups is 2. The van der Waals surface area contributed by atoms with E-state index in [2.05, 4.69) is 10.6 Å². The molecule has 2 saturated heterocycles. The first kappa shape index (κ1) is 14.6. The lowest BCUT2D eigenvalue weighted by Crippen LogP contribution is -2.54. The van der Waals surface area contributed by atoms with E-state index >= 15 is 0 Å². The number of nitrogens with zero attached hydrogens (tertiary/aromatic N) is 3. The fourth-order valence-electron chi connectivity index (χ4n) is 3.24. The van der Waals surface area contributed by atoms with Gasteiger partial charge in [-0.15, -0.1) is 0 Å². The van der Waals surface area contributed by atoms with Crippen molar-refractivity contribution in [3.8, 4) is 5.69 Å². The van der Waals surface area contributed by atoms with Gasteiger partial charge in [0.1, 0.15) is 0 Å². The lowest BCUT2D eigenvalue weighted by atomic mass is 10.2. The van der Waals surface area contributed by atoms with Crippen LogP contribution in [0, 0.1) is 0 Å². The van der Waals surface area contributed by atoms with Crippen molar-refractivity contribution in [2.75, 3.05) is 31.5 Å². The number of piperazine rings is 1. The van der Waals surface area contributed by atoms with Gasteiger partial charge in [0.15, 0.2) is 0 Å². The van der Waals surface area contributed by atoms with Crippen molar-refractivity contribution in [3.63, 3.8) is 0 Å². The third kappa shape index (κ3) is 2.68. The van der Waals surface area contributed by atoms with E-state index in [9.17, 15) is 9.59 Å². The summed E-state index contributed by atoms with van der Waals surface area (Å²) in [5.74, 6) is 0. The average molecular weight is 325 g/mol. The quantitative estimate of drug-likeness (QED) is 0.883. The summed E-state index contributed by atoms with van der Waals surface area (Å²) in [5, 5.41) is 5.77. The zero-order valence-corrected chi connectivity index (χ0v) is 13.2. The van der Waals surface area contributed by atoms with Crippen LogP contribution in [-0.4, -0.2) is 58.7 Å². The molecule has 2 aliphatic rings. The van der Waals surface area contributed by atoms with Crippen LogP contribution in [0.1, 0.15) is 0 Å². The van der Waals surface area contributed by atoms with Crippen molar-refractivity contribution >= 4 is 17.7 Å². The third-order valence-electron chi connectivity index (χ3n) is 4.52. The Morgan fingerprint density at radius 3 is 2.83 bits per heavy atom. The van der Waals surface area contributed by atoms with Gasteiger partial charge >= 0.3 is 12.1 Å². The Balaban J connectivity index is 1.43. The molecule has 24 heavy (non-hydrogen) atoms. The first-order chi connectivity index (χ1) is 11.7. The SMILES string of the molecule is O=C(Nc1cccc(-n2cccc2)c1)N1CCN2C(=O)NCC2C1. The number of carbonyl (C=O) groups excluding carboxylic acids is 2. The number of anilines is 1. The maximum absolute atomic E-state index is 12.5. The van der Waals surface area contributed by atoms with E-state index in [0.717, 1.165) is 11.4 Å². The van der Waals surface area contributed by atoms with E-state index in [1.807, 2.05) is 53.4 Å². The zero-order chi connectivity index (χ0) is 16.5. The first-order valence-electron chi connectivity index (χ1n) is 8.04. The van der Waals surface area contributed by atoms with Gasteiger partial charge in [-0.2, -0.15) is 0 Å². The normalized spacial score (nSPS) is 19.8. The molecule has 124 valence electrons. The standard InChI is InChI=1S/C17H19N5O2/c23-16-18-11-15-12-21(8-9-22(15)16)17(24)19-13-4-3-5-14(10-13)20-6-1-2-7-20/h1-7,10,15H,8-9,11-12H2,(H,18,23)(H,19,24). The van der Waals surface area contributed by atoms with Crippen molar-refractivity contribution in [1.29, 1.82) is 0 Å². The van der Waals surface area contributed by atoms with Gasteiger partial charge in [-0.25, -0.2) is 9.59 Å². The molecule has 1 aromatic carbocycles. The van der Waals surface area contributed by atoms with Crippen molar-refractivity contribution in [3.05, 3.63) is 48.8 Å². The van der Waals surface area contributed by atoms with Crippen molar-refractivity contribution < 1.29 is 9.59 Å². The van der Waals surface area contributed by atoms with Gasteiger partial charge in [0.05, 0.1) is 6.04 Å². The molecule has 1 unspecified atom stereocenters. The number of fused-ring (bicyclic) bond motifs is 1. The summed E-state index contributed by atoms with van der Waals surface area (Å²) < 4.78 is 1.99.